The Labute approximate surface area is 231 Å². The molecule has 0 aliphatic carbocycles. The van der Waals surface area contributed by atoms with E-state index in [0.717, 1.165) is 41.0 Å². The number of nitrogens with zero attached hydrogens (tertiary/aromatic N) is 4. The largest absolute Gasteiger partial charge is 0.433 e. The Balaban J connectivity index is 1.25. The molecule has 0 unspecified atom stereocenters. The lowest BCUT2D eigenvalue weighted by Crippen LogP contribution is -2.44. The van der Waals surface area contributed by atoms with E-state index < -0.39 is 11.9 Å². The standard InChI is InChI=1S/C28H34F3N7S/c1-3-4-13-33-19-21-5-7-22(8-6-21)20(2)34-23-9-11-24(12-10-23)39-38-16-14-37(15-17-38)26-18-25(28(29,30)31)35-27(32)36-26/h5-12,18,33-34H,2-4,13-17,19H2,1H3,(H2,32,35,36). The monoisotopic (exact) mass is 557 g/mol. The minimum atomic E-state index is -4.56. The van der Waals surface area contributed by atoms with Gasteiger partial charge in [-0.2, -0.15) is 18.2 Å². The van der Waals surface area contributed by atoms with Crippen molar-refractivity contribution in [3.05, 3.63) is 78.0 Å². The summed E-state index contributed by atoms with van der Waals surface area (Å²) in [6, 6.07) is 17.5. The highest BCUT2D eigenvalue weighted by Gasteiger charge is 2.34. The van der Waals surface area contributed by atoms with Gasteiger partial charge in [0.25, 0.3) is 0 Å². The predicted molar refractivity (Wildman–Crippen MR) is 153 cm³/mol. The lowest BCUT2D eigenvalue weighted by molar-refractivity contribution is -0.141. The van der Waals surface area contributed by atoms with Crippen LogP contribution in [0.15, 0.2) is 66.1 Å². The normalized spacial score (nSPS) is 14.4. The van der Waals surface area contributed by atoms with Crippen molar-refractivity contribution < 1.29 is 13.2 Å². The van der Waals surface area contributed by atoms with Gasteiger partial charge >= 0.3 is 6.18 Å². The first-order chi connectivity index (χ1) is 18.7. The Morgan fingerprint density at radius 1 is 1.03 bits per heavy atom. The second-order valence-corrected chi connectivity index (χ2v) is 10.5. The van der Waals surface area contributed by atoms with E-state index in [4.69, 9.17) is 5.73 Å². The summed E-state index contributed by atoms with van der Waals surface area (Å²) >= 11 is 1.62. The molecule has 0 atom stereocenters. The quantitative estimate of drug-likeness (QED) is 0.199. The van der Waals surface area contributed by atoms with Gasteiger partial charge in [-0.05, 0) is 60.3 Å². The molecule has 1 saturated heterocycles. The number of aromatic nitrogens is 2. The second kappa shape index (κ2) is 13.2. The Bertz CT molecular complexity index is 1230. The lowest BCUT2D eigenvalue weighted by atomic mass is 10.1. The van der Waals surface area contributed by atoms with Crippen LogP contribution in [0, 0.1) is 0 Å². The Kier molecular flexibility index (Phi) is 9.71. The first kappa shape index (κ1) is 28.7. The highest BCUT2D eigenvalue weighted by molar-refractivity contribution is 7.97. The van der Waals surface area contributed by atoms with Crippen LogP contribution in [-0.2, 0) is 12.7 Å². The molecular formula is C28H34F3N7S. The van der Waals surface area contributed by atoms with Gasteiger partial charge in [0, 0.05) is 55.1 Å². The zero-order chi connectivity index (χ0) is 27.8. The van der Waals surface area contributed by atoms with E-state index in [0.29, 0.717) is 26.2 Å². The number of unbranched alkanes of at least 4 members (excludes halogenated alkanes) is 1. The van der Waals surface area contributed by atoms with E-state index in [1.54, 1.807) is 16.8 Å². The maximum Gasteiger partial charge on any atom is 0.433 e. The maximum absolute atomic E-state index is 13.1. The first-order valence-corrected chi connectivity index (χ1v) is 13.7. The van der Waals surface area contributed by atoms with Crippen molar-refractivity contribution in [1.29, 1.82) is 0 Å². The third-order valence-electron chi connectivity index (χ3n) is 6.31. The summed E-state index contributed by atoms with van der Waals surface area (Å²) in [5.41, 5.74) is 8.56. The lowest BCUT2D eigenvalue weighted by Gasteiger charge is -2.34. The third kappa shape index (κ3) is 8.35. The van der Waals surface area contributed by atoms with E-state index in [9.17, 15) is 13.2 Å². The minimum Gasteiger partial charge on any atom is -0.368 e. The van der Waals surface area contributed by atoms with E-state index >= 15 is 0 Å². The van der Waals surface area contributed by atoms with Crippen LogP contribution in [-0.4, -0.2) is 47.0 Å². The molecule has 39 heavy (non-hydrogen) atoms. The smallest absolute Gasteiger partial charge is 0.368 e. The number of piperazine rings is 1. The van der Waals surface area contributed by atoms with Gasteiger partial charge in [0.1, 0.15) is 5.82 Å². The molecule has 1 aromatic heterocycles. The SMILES string of the molecule is C=C(Nc1ccc(SN2CCN(c3cc(C(F)(F)F)nc(N)n3)CC2)cc1)c1ccc(CNCCCC)cc1. The molecule has 2 heterocycles. The van der Waals surface area contributed by atoms with Crippen LogP contribution < -0.4 is 21.3 Å². The number of alkyl halides is 3. The van der Waals surface area contributed by atoms with Crippen molar-refractivity contribution in [2.45, 2.75) is 37.4 Å². The van der Waals surface area contributed by atoms with E-state index in [1.165, 1.54) is 18.4 Å². The third-order valence-corrected chi connectivity index (χ3v) is 7.41. The zero-order valence-electron chi connectivity index (χ0n) is 22.0. The van der Waals surface area contributed by atoms with Crippen LogP contribution in [0.1, 0.15) is 36.6 Å². The van der Waals surface area contributed by atoms with Crippen molar-refractivity contribution >= 4 is 35.1 Å². The molecule has 1 aliphatic rings. The molecule has 208 valence electrons. The molecule has 1 fully saturated rings. The van der Waals surface area contributed by atoms with Gasteiger partial charge in [-0.1, -0.05) is 44.2 Å². The van der Waals surface area contributed by atoms with Crippen LogP contribution in [0.4, 0.5) is 30.6 Å². The highest BCUT2D eigenvalue weighted by atomic mass is 32.2. The van der Waals surface area contributed by atoms with Gasteiger partial charge < -0.3 is 21.3 Å². The fraction of sp³-hybridized carbons (Fsp3) is 0.357. The summed E-state index contributed by atoms with van der Waals surface area (Å²) in [6.45, 7) is 10.7. The van der Waals surface area contributed by atoms with Crippen LogP contribution in [0.3, 0.4) is 0 Å². The summed E-state index contributed by atoms with van der Waals surface area (Å²) in [7, 11) is 0. The molecule has 11 heteroatoms. The molecule has 0 amide bonds. The number of anilines is 3. The fourth-order valence-corrected chi connectivity index (χ4v) is 5.02. The Morgan fingerprint density at radius 3 is 2.36 bits per heavy atom. The van der Waals surface area contributed by atoms with Gasteiger partial charge in [0.15, 0.2) is 5.69 Å². The number of benzene rings is 2. The molecule has 0 spiro atoms. The van der Waals surface area contributed by atoms with Crippen LogP contribution in [0.2, 0.25) is 0 Å². The molecule has 4 rings (SSSR count). The van der Waals surface area contributed by atoms with Crippen molar-refractivity contribution in [2.24, 2.45) is 0 Å². The number of hydrogen-bond acceptors (Lipinski definition) is 8. The summed E-state index contributed by atoms with van der Waals surface area (Å²) in [5.74, 6) is -0.173. The Morgan fingerprint density at radius 2 is 1.72 bits per heavy atom. The predicted octanol–water partition coefficient (Wildman–Crippen LogP) is 5.88. The van der Waals surface area contributed by atoms with Gasteiger partial charge in [-0.15, -0.1) is 0 Å². The molecule has 3 aromatic rings. The van der Waals surface area contributed by atoms with Crippen LogP contribution >= 0.6 is 11.9 Å². The molecule has 0 radical (unpaired) electrons. The molecule has 7 nitrogen and oxygen atoms in total. The Hall–Kier alpha value is -3.28. The summed E-state index contributed by atoms with van der Waals surface area (Å²) in [5, 5.41) is 6.82. The molecule has 0 bridgehead atoms. The fourth-order valence-electron chi connectivity index (χ4n) is 4.12. The van der Waals surface area contributed by atoms with Crippen molar-refractivity contribution in [3.63, 3.8) is 0 Å². The molecule has 1 aliphatic heterocycles. The number of halogens is 3. The number of nitrogen functional groups attached to an aromatic ring is 1. The van der Waals surface area contributed by atoms with Crippen LogP contribution in [0.25, 0.3) is 5.70 Å². The summed E-state index contributed by atoms with van der Waals surface area (Å²) in [6.07, 6.45) is -2.19. The van der Waals surface area contributed by atoms with E-state index in [1.807, 2.05) is 24.3 Å². The van der Waals surface area contributed by atoms with Crippen molar-refractivity contribution in [3.8, 4) is 0 Å². The maximum atomic E-state index is 13.1. The van der Waals surface area contributed by atoms with Gasteiger partial charge in [0.05, 0.1) is 0 Å². The topological polar surface area (TPSA) is 82.3 Å². The minimum absolute atomic E-state index is 0.202. The molecule has 2 aromatic carbocycles. The molecule has 0 saturated carbocycles. The second-order valence-electron chi connectivity index (χ2n) is 9.33. The van der Waals surface area contributed by atoms with Crippen LogP contribution in [0.5, 0.6) is 0 Å². The number of nitrogens with one attached hydrogen (secondary N) is 2. The van der Waals surface area contributed by atoms with Gasteiger partial charge in [0.2, 0.25) is 5.95 Å². The highest BCUT2D eigenvalue weighted by Crippen LogP contribution is 2.31. The number of rotatable bonds is 11. The average Bonchev–Trinajstić information content (AvgIpc) is 2.92. The van der Waals surface area contributed by atoms with Crippen molar-refractivity contribution in [2.75, 3.05) is 48.7 Å². The van der Waals surface area contributed by atoms with E-state index in [2.05, 4.69) is 62.7 Å². The molecule has 4 N–H and O–H groups in total. The van der Waals surface area contributed by atoms with Gasteiger partial charge in [-0.25, -0.2) is 9.29 Å². The summed E-state index contributed by atoms with van der Waals surface area (Å²) in [4.78, 5) is 10.2. The van der Waals surface area contributed by atoms with Gasteiger partial charge in [-0.3, -0.25) is 0 Å². The summed E-state index contributed by atoms with van der Waals surface area (Å²) < 4.78 is 41.5. The number of nitrogens with two attached hydrogens (primary N) is 1. The first-order valence-electron chi connectivity index (χ1n) is 13.0. The zero-order valence-corrected chi connectivity index (χ0v) is 22.8. The van der Waals surface area contributed by atoms with Crippen molar-refractivity contribution in [1.82, 2.24) is 19.6 Å². The number of hydrogen-bond donors (Lipinski definition) is 3. The average molecular weight is 558 g/mol. The molecular weight excluding hydrogens is 523 g/mol. The van der Waals surface area contributed by atoms with E-state index in [-0.39, 0.29) is 11.8 Å².